The highest BCUT2D eigenvalue weighted by Gasteiger charge is 2.42. The number of carbonyl (C=O) groups is 1. The molecule has 3 heteroatoms. The molecular formula is C12H22N2O. The van der Waals surface area contributed by atoms with Crippen LogP contribution in [0.15, 0.2) is 0 Å². The van der Waals surface area contributed by atoms with Gasteiger partial charge < -0.3 is 10.6 Å². The van der Waals surface area contributed by atoms with Crippen molar-refractivity contribution in [2.24, 2.45) is 17.6 Å². The summed E-state index contributed by atoms with van der Waals surface area (Å²) in [6.45, 7) is 4.62. The third kappa shape index (κ3) is 2.33. The first kappa shape index (κ1) is 10.9. The maximum atomic E-state index is 12.2. The summed E-state index contributed by atoms with van der Waals surface area (Å²) in [4.78, 5) is 14.3. The maximum absolute atomic E-state index is 12.2. The van der Waals surface area contributed by atoms with Crippen LogP contribution in [0.2, 0.25) is 0 Å². The molecule has 0 aromatic carbocycles. The third-order valence-corrected chi connectivity index (χ3v) is 3.71. The van der Waals surface area contributed by atoms with Crippen LogP contribution in [-0.4, -0.2) is 29.4 Å². The van der Waals surface area contributed by atoms with Crippen LogP contribution in [0.25, 0.3) is 0 Å². The molecule has 0 saturated heterocycles. The Morgan fingerprint density at radius 1 is 1.33 bits per heavy atom. The third-order valence-electron chi connectivity index (χ3n) is 3.71. The summed E-state index contributed by atoms with van der Waals surface area (Å²) in [7, 11) is 0. The number of rotatable bonds is 5. The number of carbonyl (C=O) groups excluding carboxylic acids is 1. The summed E-state index contributed by atoms with van der Waals surface area (Å²) >= 11 is 0. The van der Waals surface area contributed by atoms with Crippen LogP contribution in [0.4, 0.5) is 0 Å². The van der Waals surface area contributed by atoms with Gasteiger partial charge in [0.25, 0.3) is 0 Å². The lowest BCUT2D eigenvalue weighted by atomic mass is 10.1. The van der Waals surface area contributed by atoms with Gasteiger partial charge >= 0.3 is 0 Å². The van der Waals surface area contributed by atoms with Crippen molar-refractivity contribution in [1.29, 1.82) is 0 Å². The Bertz CT molecular complexity index is 246. The van der Waals surface area contributed by atoms with Crippen molar-refractivity contribution in [2.75, 3.05) is 6.54 Å². The van der Waals surface area contributed by atoms with Gasteiger partial charge in [0.15, 0.2) is 0 Å². The van der Waals surface area contributed by atoms with E-state index in [9.17, 15) is 4.79 Å². The molecular weight excluding hydrogens is 188 g/mol. The summed E-state index contributed by atoms with van der Waals surface area (Å²) in [6.07, 6.45) is 4.99. The van der Waals surface area contributed by atoms with E-state index in [4.69, 9.17) is 5.73 Å². The second-order valence-corrected chi connectivity index (χ2v) is 5.19. The second kappa shape index (κ2) is 4.12. The fourth-order valence-electron chi connectivity index (χ4n) is 2.23. The number of hydrogen-bond acceptors (Lipinski definition) is 2. The summed E-state index contributed by atoms with van der Waals surface area (Å²) in [5.41, 5.74) is 5.58. The molecule has 3 nitrogen and oxygen atoms in total. The number of amides is 1. The maximum Gasteiger partial charge on any atom is 0.227 e. The normalized spacial score (nSPS) is 24.7. The first-order chi connectivity index (χ1) is 7.15. The van der Waals surface area contributed by atoms with E-state index in [1.54, 1.807) is 0 Å². The molecule has 2 saturated carbocycles. The molecule has 0 heterocycles. The van der Waals surface area contributed by atoms with Gasteiger partial charge in [-0.1, -0.05) is 6.92 Å². The molecule has 2 unspecified atom stereocenters. The van der Waals surface area contributed by atoms with Crippen molar-refractivity contribution in [3.8, 4) is 0 Å². The van der Waals surface area contributed by atoms with Crippen molar-refractivity contribution < 1.29 is 4.79 Å². The summed E-state index contributed by atoms with van der Waals surface area (Å²) in [5, 5.41) is 0. The van der Waals surface area contributed by atoms with Gasteiger partial charge in [-0.2, -0.15) is 0 Å². The monoisotopic (exact) mass is 210 g/mol. The van der Waals surface area contributed by atoms with Crippen molar-refractivity contribution in [3.05, 3.63) is 0 Å². The molecule has 2 atom stereocenters. The van der Waals surface area contributed by atoms with Crippen LogP contribution in [0.5, 0.6) is 0 Å². The van der Waals surface area contributed by atoms with E-state index in [1.165, 1.54) is 25.7 Å². The molecule has 0 aromatic heterocycles. The molecule has 2 rings (SSSR count). The highest BCUT2D eigenvalue weighted by Crippen LogP contribution is 2.40. The van der Waals surface area contributed by atoms with E-state index in [0.29, 0.717) is 18.6 Å². The van der Waals surface area contributed by atoms with E-state index in [0.717, 1.165) is 5.92 Å². The van der Waals surface area contributed by atoms with E-state index >= 15 is 0 Å². The van der Waals surface area contributed by atoms with Crippen LogP contribution in [0, 0.1) is 11.8 Å². The molecule has 2 N–H and O–H groups in total. The Morgan fingerprint density at radius 2 is 1.93 bits per heavy atom. The van der Waals surface area contributed by atoms with Gasteiger partial charge in [-0.25, -0.2) is 0 Å². The highest BCUT2D eigenvalue weighted by molar-refractivity contribution is 5.79. The first-order valence-corrected chi connectivity index (χ1v) is 6.17. The lowest BCUT2D eigenvalue weighted by Crippen LogP contribution is -2.45. The van der Waals surface area contributed by atoms with Gasteiger partial charge in [-0.05, 0) is 38.5 Å². The van der Waals surface area contributed by atoms with Crippen molar-refractivity contribution in [2.45, 2.75) is 51.6 Å². The fraction of sp³-hybridized carbons (Fsp3) is 0.917. The highest BCUT2D eigenvalue weighted by atomic mass is 16.2. The molecule has 1 amide bonds. The van der Waals surface area contributed by atoms with E-state index in [-0.39, 0.29) is 11.8 Å². The molecule has 86 valence electrons. The Labute approximate surface area is 92.0 Å². The van der Waals surface area contributed by atoms with Crippen molar-refractivity contribution in [3.63, 3.8) is 0 Å². The molecule has 2 fully saturated rings. The molecule has 0 aliphatic heterocycles. The van der Waals surface area contributed by atoms with Crippen LogP contribution in [0.1, 0.15) is 39.5 Å². The minimum absolute atomic E-state index is 0.00759. The van der Waals surface area contributed by atoms with Gasteiger partial charge in [-0.3, -0.25) is 4.79 Å². The largest absolute Gasteiger partial charge is 0.336 e. The Hall–Kier alpha value is -0.570. The predicted molar refractivity (Wildman–Crippen MR) is 60.3 cm³/mol. The lowest BCUT2D eigenvalue weighted by molar-refractivity contribution is -0.137. The van der Waals surface area contributed by atoms with E-state index in [1.807, 2.05) is 6.92 Å². The molecule has 2 aliphatic carbocycles. The molecule has 0 bridgehead atoms. The zero-order chi connectivity index (χ0) is 11.0. The standard InChI is InChI=1S/C12H22N2O/c1-8(7-13)12(15)14(11-5-6-11)9(2)10-3-4-10/h8-11H,3-7,13H2,1-2H3. The van der Waals surface area contributed by atoms with Gasteiger partial charge in [-0.15, -0.1) is 0 Å². The van der Waals surface area contributed by atoms with Gasteiger partial charge in [0.05, 0.1) is 0 Å². The lowest BCUT2D eigenvalue weighted by Gasteiger charge is -2.31. The zero-order valence-electron chi connectivity index (χ0n) is 9.78. The summed E-state index contributed by atoms with van der Waals surface area (Å²) < 4.78 is 0. The number of nitrogens with two attached hydrogens (primary N) is 1. The average Bonchev–Trinajstić information content (AvgIpc) is 3.04. The van der Waals surface area contributed by atoms with Crippen LogP contribution >= 0.6 is 0 Å². The Kier molecular flexibility index (Phi) is 3.01. The van der Waals surface area contributed by atoms with Gasteiger partial charge in [0, 0.05) is 24.5 Å². The van der Waals surface area contributed by atoms with Crippen molar-refractivity contribution in [1.82, 2.24) is 4.90 Å². The smallest absolute Gasteiger partial charge is 0.227 e. The Balaban J connectivity index is 2.01. The Morgan fingerprint density at radius 3 is 2.33 bits per heavy atom. The van der Waals surface area contributed by atoms with Gasteiger partial charge in [0.1, 0.15) is 0 Å². The first-order valence-electron chi connectivity index (χ1n) is 6.17. The quantitative estimate of drug-likeness (QED) is 0.745. The summed E-state index contributed by atoms with van der Waals surface area (Å²) in [6, 6.07) is 0.973. The minimum atomic E-state index is -0.00759. The number of hydrogen-bond donors (Lipinski definition) is 1. The van der Waals surface area contributed by atoms with E-state index in [2.05, 4.69) is 11.8 Å². The molecule has 0 spiro atoms. The summed E-state index contributed by atoms with van der Waals surface area (Å²) in [5.74, 6) is 1.03. The van der Waals surface area contributed by atoms with Gasteiger partial charge in [0.2, 0.25) is 5.91 Å². The van der Waals surface area contributed by atoms with Crippen molar-refractivity contribution >= 4 is 5.91 Å². The van der Waals surface area contributed by atoms with Crippen LogP contribution in [0.3, 0.4) is 0 Å². The molecule has 15 heavy (non-hydrogen) atoms. The van der Waals surface area contributed by atoms with E-state index < -0.39 is 0 Å². The predicted octanol–water partition coefficient (Wildman–Crippen LogP) is 1.37. The average molecular weight is 210 g/mol. The molecule has 0 aromatic rings. The topological polar surface area (TPSA) is 46.3 Å². The second-order valence-electron chi connectivity index (χ2n) is 5.19. The molecule has 2 aliphatic rings. The minimum Gasteiger partial charge on any atom is -0.336 e. The molecule has 0 radical (unpaired) electrons. The van der Waals surface area contributed by atoms with Crippen LogP contribution in [-0.2, 0) is 4.79 Å². The zero-order valence-corrected chi connectivity index (χ0v) is 9.78. The van der Waals surface area contributed by atoms with Crippen LogP contribution < -0.4 is 5.73 Å². The fourth-order valence-corrected chi connectivity index (χ4v) is 2.23. The number of nitrogens with zero attached hydrogens (tertiary/aromatic N) is 1. The SMILES string of the molecule is CC(CN)C(=O)N(C1CC1)C(C)C1CC1.